The summed E-state index contributed by atoms with van der Waals surface area (Å²) in [7, 11) is 0. The summed E-state index contributed by atoms with van der Waals surface area (Å²) in [6.45, 7) is 0. The van der Waals surface area contributed by atoms with Crippen molar-refractivity contribution in [2.75, 3.05) is 0 Å². The largest absolute Gasteiger partial charge is 0.321 e. The summed E-state index contributed by atoms with van der Waals surface area (Å²) in [5.41, 5.74) is 0. The molecule has 66 valence electrons. The third-order valence-electron chi connectivity index (χ3n) is 1.37. The van der Waals surface area contributed by atoms with Gasteiger partial charge in [-0.05, 0) is 17.7 Å². The fourth-order valence-corrected chi connectivity index (χ4v) is 1.46. The molecule has 1 unspecified atom stereocenters. The van der Waals surface area contributed by atoms with Gasteiger partial charge in [0.05, 0.1) is 6.42 Å². The van der Waals surface area contributed by atoms with Crippen LogP contribution < -0.4 is 0 Å². The molecule has 12 heavy (non-hydrogen) atoms. The van der Waals surface area contributed by atoms with Crippen LogP contribution in [0, 0.1) is 10.1 Å². The molecule has 0 aromatic carbocycles. The van der Waals surface area contributed by atoms with Gasteiger partial charge in [0.1, 0.15) is 5.83 Å². The first-order valence-corrected chi connectivity index (χ1v) is 3.77. The molecule has 1 aliphatic carbocycles. The normalized spacial score (nSPS) is 29.2. The molecule has 3 nitrogen and oxygen atoms in total. The number of alkyl halides is 1. The minimum Gasteiger partial charge on any atom is -0.262 e. The number of nitro groups is 1. The van der Waals surface area contributed by atoms with Gasteiger partial charge in [-0.3, -0.25) is 10.1 Å². The van der Waals surface area contributed by atoms with Crippen LogP contribution in [0.1, 0.15) is 6.42 Å². The van der Waals surface area contributed by atoms with Gasteiger partial charge in [0.15, 0.2) is 0 Å². The molecule has 1 atom stereocenters. The highest BCUT2D eigenvalue weighted by atomic mass is 35.5. The van der Waals surface area contributed by atoms with Gasteiger partial charge >= 0.3 is 5.00 Å². The minimum absolute atomic E-state index is 0.0505. The lowest BCUT2D eigenvalue weighted by atomic mass is 10.1. The fraction of sp³-hybridized carbons (Fsp3) is 0.333. The van der Waals surface area contributed by atoms with Crippen LogP contribution in [0.4, 0.5) is 4.39 Å². The van der Waals surface area contributed by atoms with Crippen molar-refractivity contribution < 1.29 is 9.31 Å². The summed E-state index contributed by atoms with van der Waals surface area (Å²) in [5.74, 6) is -0.686. The van der Waals surface area contributed by atoms with E-state index in [4.69, 9.17) is 23.2 Å². The number of halogens is 3. The standard InChI is InChI=1S/C6H4Cl2FNO2/c7-4-1-5(9)3-6(8,2-4)10(11)12/h1-2H,3H2. The second kappa shape index (κ2) is 3.03. The van der Waals surface area contributed by atoms with Crippen LogP contribution in [-0.2, 0) is 0 Å². The van der Waals surface area contributed by atoms with Gasteiger partial charge in [0, 0.05) is 16.0 Å². The van der Waals surface area contributed by atoms with E-state index in [0.717, 1.165) is 12.2 Å². The number of nitrogens with zero attached hydrogens (tertiary/aromatic N) is 1. The Hall–Kier alpha value is -0.610. The van der Waals surface area contributed by atoms with Gasteiger partial charge in [0.25, 0.3) is 0 Å². The predicted octanol–water partition coefficient (Wildman–Crippen LogP) is 2.58. The summed E-state index contributed by atoms with van der Waals surface area (Å²) in [6, 6.07) is 0. The monoisotopic (exact) mass is 211 g/mol. The molecule has 0 aromatic heterocycles. The number of hydrogen-bond acceptors (Lipinski definition) is 2. The Morgan fingerprint density at radius 3 is 2.75 bits per heavy atom. The van der Waals surface area contributed by atoms with E-state index < -0.39 is 22.2 Å². The van der Waals surface area contributed by atoms with Crippen molar-refractivity contribution >= 4 is 23.2 Å². The van der Waals surface area contributed by atoms with Crippen molar-refractivity contribution in [3.05, 3.63) is 33.1 Å². The average molecular weight is 212 g/mol. The Morgan fingerprint density at radius 2 is 2.33 bits per heavy atom. The maximum atomic E-state index is 12.6. The van der Waals surface area contributed by atoms with Crippen LogP contribution >= 0.6 is 23.2 Å². The summed E-state index contributed by atoms with van der Waals surface area (Å²) in [6.07, 6.45) is 1.56. The molecule has 0 aromatic rings. The zero-order chi connectivity index (χ0) is 9.35. The third kappa shape index (κ3) is 1.76. The van der Waals surface area contributed by atoms with E-state index in [0.29, 0.717) is 0 Å². The molecule has 1 rings (SSSR count). The van der Waals surface area contributed by atoms with Gasteiger partial charge in [-0.15, -0.1) is 0 Å². The van der Waals surface area contributed by atoms with E-state index in [-0.39, 0.29) is 5.03 Å². The maximum absolute atomic E-state index is 12.6. The Labute approximate surface area is 77.6 Å². The first-order chi connectivity index (χ1) is 5.44. The zero-order valence-electron chi connectivity index (χ0n) is 5.76. The molecule has 6 heteroatoms. The fourth-order valence-electron chi connectivity index (χ4n) is 0.859. The lowest BCUT2D eigenvalue weighted by Crippen LogP contribution is -2.31. The molecule has 0 bridgehead atoms. The van der Waals surface area contributed by atoms with Crippen LogP contribution in [0.3, 0.4) is 0 Å². The van der Waals surface area contributed by atoms with Crippen LogP contribution in [0.2, 0.25) is 0 Å². The zero-order valence-corrected chi connectivity index (χ0v) is 7.27. The van der Waals surface area contributed by atoms with E-state index in [1.807, 2.05) is 0 Å². The molecular formula is C6H4Cl2FNO2. The summed E-state index contributed by atoms with van der Waals surface area (Å²) in [5, 5.41) is 10.3. The quantitative estimate of drug-likeness (QED) is 0.290. The first-order valence-electron chi connectivity index (χ1n) is 3.02. The van der Waals surface area contributed by atoms with Crippen molar-refractivity contribution in [2.24, 2.45) is 0 Å². The maximum Gasteiger partial charge on any atom is 0.321 e. The molecule has 0 radical (unpaired) electrons. The number of allylic oxidation sites excluding steroid dienone is 2. The molecule has 0 saturated heterocycles. The van der Waals surface area contributed by atoms with Crippen LogP contribution in [0.15, 0.2) is 23.0 Å². The highest BCUT2D eigenvalue weighted by Crippen LogP contribution is 2.34. The first kappa shape index (κ1) is 9.48. The molecular weight excluding hydrogens is 208 g/mol. The topological polar surface area (TPSA) is 43.1 Å². The average Bonchev–Trinajstić information content (AvgIpc) is 1.82. The second-order valence-electron chi connectivity index (χ2n) is 2.37. The molecule has 0 heterocycles. The summed E-state index contributed by atoms with van der Waals surface area (Å²) in [4.78, 5) is 7.65. The third-order valence-corrected chi connectivity index (χ3v) is 1.97. The SMILES string of the molecule is O=[N+]([O-])C1(Cl)C=C(Cl)C=C(F)C1. The lowest BCUT2D eigenvalue weighted by Gasteiger charge is -2.16. The highest BCUT2D eigenvalue weighted by Gasteiger charge is 2.41. The molecule has 0 N–H and O–H groups in total. The molecule has 0 fully saturated rings. The molecule has 1 aliphatic rings. The van der Waals surface area contributed by atoms with E-state index >= 15 is 0 Å². The van der Waals surface area contributed by atoms with E-state index in [9.17, 15) is 14.5 Å². The smallest absolute Gasteiger partial charge is 0.262 e. The number of rotatable bonds is 1. The van der Waals surface area contributed by atoms with Crippen molar-refractivity contribution in [2.45, 2.75) is 11.4 Å². The molecule has 0 amide bonds. The van der Waals surface area contributed by atoms with Gasteiger partial charge in [-0.25, -0.2) is 4.39 Å². The van der Waals surface area contributed by atoms with Gasteiger partial charge in [0.2, 0.25) is 0 Å². The van der Waals surface area contributed by atoms with Crippen molar-refractivity contribution in [3.63, 3.8) is 0 Å². The lowest BCUT2D eigenvalue weighted by molar-refractivity contribution is -0.528. The van der Waals surface area contributed by atoms with Crippen LogP contribution in [0.25, 0.3) is 0 Å². The Kier molecular flexibility index (Phi) is 2.39. The predicted molar refractivity (Wildman–Crippen MR) is 43.3 cm³/mol. The Balaban J connectivity index is 3.00. The van der Waals surface area contributed by atoms with Crippen molar-refractivity contribution in [3.8, 4) is 0 Å². The van der Waals surface area contributed by atoms with Crippen LogP contribution in [-0.4, -0.2) is 9.92 Å². The molecule has 0 saturated carbocycles. The highest BCUT2D eigenvalue weighted by molar-refractivity contribution is 6.33. The Bertz CT molecular complexity index is 289. The second-order valence-corrected chi connectivity index (χ2v) is 3.46. The summed E-state index contributed by atoms with van der Waals surface area (Å²) < 4.78 is 12.6. The van der Waals surface area contributed by atoms with E-state index in [1.165, 1.54) is 0 Å². The van der Waals surface area contributed by atoms with Crippen molar-refractivity contribution in [1.82, 2.24) is 0 Å². The number of hydrogen-bond donors (Lipinski definition) is 0. The van der Waals surface area contributed by atoms with E-state index in [2.05, 4.69) is 0 Å². The molecule has 0 spiro atoms. The minimum atomic E-state index is -1.92. The van der Waals surface area contributed by atoms with E-state index in [1.54, 1.807) is 0 Å². The van der Waals surface area contributed by atoms with Gasteiger partial charge in [-0.2, -0.15) is 0 Å². The van der Waals surface area contributed by atoms with Crippen molar-refractivity contribution in [1.29, 1.82) is 0 Å². The summed E-state index contributed by atoms with van der Waals surface area (Å²) >= 11 is 10.9. The van der Waals surface area contributed by atoms with Crippen LogP contribution in [0.5, 0.6) is 0 Å². The van der Waals surface area contributed by atoms with Gasteiger partial charge < -0.3 is 0 Å². The Morgan fingerprint density at radius 1 is 1.75 bits per heavy atom. The van der Waals surface area contributed by atoms with Gasteiger partial charge in [-0.1, -0.05) is 11.6 Å². The molecule has 0 aliphatic heterocycles.